The predicted molar refractivity (Wildman–Crippen MR) is 114 cm³/mol. The van der Waals surface area contributed by atoms with E-state index in [2.05, 4.69) is 0 Å². The molecule has 2 aliphatic heterocycles. The number of hydrogen-bond donors (Lipinski definition) is 0. The Labute approximate surface area is 177 Å². The normalized spacial score (nSPS) is 19.8. The van der Waals surface area contributed by atoms with Crippen LogP contribution in [0.4, 0.5) is 11.4 Å². The second-order valence-electron chi connectivity index (χ2n) is 8.08. The van der Waals surface area contributed by atoms with Gasteiger partial charge in [-0.25, -0.2) is 4.79 Å². The summed E-state index contributed by atoms with van der Waals surface area (Å²) in [4.78, 5) is 40.0. The molecule has 0 spiro atoms. The molecular weight excluding hydrogens is 386 g/mol. The van der Waals surface area contributed by atoms with E-state index in [1.165, 1.54) is 6.07 Å². The Balaban J connectivity index is 1.67. The smallest absolute Gasteiger partial charge is 0.338 e. The average Bonchev–Trinajstić information content (AvgIpc) is 3.06. The Morgan fingerprint density at radius 1 is 1.10 bits per heavy atom. The molecule has 30 heavy (non-hydrogen) atoms. The number of anilines is 1. The summed E-state index contributed by atoms with van der Waals surface area (Å²) in [5, 5.41) is 11.6. The number of amides is 1. The zero-order valence-corrected chi connectivity index (χ0v) is 17.7. The van der Waals surface area contributed by atoms with Gasteiger partial charge in [0.2, 0.25) is 0 Å². The fourth-order valence-corrected chi connectivity index (χ4v) is 4.42. The molecule has 2 aliphatic rings. The third-order valence-electron chi connectivity index (χ3n) is 6.10. The Morgan fingerprint density at radius 2 is 1.80 bits per heavy atom. The summed E-state index contributed by atoms with van der Waals surface area (Å²) in [5.41, 5.74) is 0.534. The van der Waals surface area contributed by atoms with Crippen molar-refractivity contribution in [3.8, 4) is 0 Å². The Kier molecular flexibility index (Phi) is 7.65. The van der Waals surface area contributed by atoms with Crippen molar-refractivity contribution in [2.45, 2.75) is 64.3 Å². The monoisotopic (exact) mass is 417 g/mol. The van der Waals surface area contributed by atoms with E-state index in [1.807, 2.05) is 11.8 Å². The molecule has 1 amide bonds. The van der Waals surface area contributed by atoms with E-state index in [0.29, 0.717) is 12.2 Å². The Morgan fingerprint density at radius 3 is 2.47 bits per heavy atom. The molecule has 0 aromatic heterocycles. The first-order valence-electron chi connectivity index (χ1n) is 11.0. The third kappa shape index (κ3) is 5.29. The van der Waals surface area contributed by atoms with E-state index < -0.39 is 10.9 Å². The molecule has 164 valence electrons. The number of nitro benzene ring substituents is 1. The van der Waals surface area contributed by atoms with Gasteiger partial charge in [0.25, 0.3) is 11.6 Å². The lowest BCUT2D eigenvalue weighted by molar-refractivity contribution is -0.384. The summed E-state index contributed by atoms with van der Waals surface area (Å²) < 4.78 is 5.21. The molecule has 2 saturated heterocycles. The fraction of sp³-hybridized carbons (Fsp3) is 0.636. The number of carbonyl (C=O) groups excluding carboxylic acids is 2. The predicted octanol–water partition coefficient (Wildman–Crippen LogP) is 3.92. The van der Waals surface area contributed by atoms with E-state index in [0.717, 1.165) is 64.5 Å². The molecule has 1 atom stereocenters. The minimum atomic E-state index is -0.709. The minimum Gasteiger partial charge on any atom is -0.452 e. The maximum Gasteiger partial charge on any atom is 0.338 e. The number of benzene rings is 1. The van der Waals surface area contributed by atoms with Crippen molar-refractivity contribution in [2.24, 2.45) is 0 Å². The van der Waals surface area contributed by atoms with Crippen molar-refractivity contribution in [3.63, 3.8) is 0 Å². The molecule has 0 bridgehead atoms. The Bertz CT molecular complexity index is 774. The maximum atomic E-state index is 12.5. The summed E-state index contributed by atoms with van der Waals surface area (Å²) in [6.45, 7) is 3.94. The molecule has 0 aliphatic carbocycles. The molecule has 2 heterocycles. The van der Waals surface area contributed by atoms with Crippen LogP contribution in [0.2, 0.25) is 0 Å². The molecule has 0 N–H and O–H groups in total. The van der Waals surface area contributed by atoms with Crippen LogP contribution in [0, 0.1) is 10.1 Å². The standard InChI is InChI=1S/C22H31N3O5/c1-2-18-9-5-8-14-24(18)21(26)16-30-22(27)17-10-11-19(20(15-17)25(28)29)23-12-6-3-4-7-13-23/h10-11,15,18H,2-9,12-14,16H2,1H3. The van der Waals surface area contributed by atoms with Gasteiger partial charge in [-0.15, -0.1) is 0 Å². The first-order valence-corrected chi connectivity index (χ1v) is 11.0. The topological polar surface area (TPSA) is 93.0 Å². The highest BCUT2D eigenvalue weighted by Gasteiger charge is 2.27. The second kappa shape index (κ2) is 10.4. The number of nitro groups is 1. The zero-order chi connectivity index (χ0) is 21.5. The van der Waals surface area contributed by atoms with Gasteiger partial charge in [-0.05, 0) is 50.7 Å². The molecule has 0 radical (unpaired) electrons. The number of ether oxygens (including phenoxy) is 1. The van der Waals surface area contributed by atoms with Crippen LogP contribution in [0.3, 0.4) is 0 Å². The number of esters is 1. The summed E-state index contributed by atoms with van der Waals surface area (Å²) in [7, 11) is 0. The van der Waals surface area contributed by atoms with Crippen LogP contribution in [0.1, 0.15) is 68.6 Å². The van der Waals surface area contributed by atoms with Crippen molar-refractivity contribution >= 4 is 23.3 Å². The van der Waals surface area contributed by atoms with Gasteiger partial charge in [0, 0.05) is 31.7 Å². The lowest BCUT2D eigenvalue weighted by atomic mass is 10.00. The highest BCUT2D eigenvalue weighted by atomic mass is 16.6. The SMILES string of the molecule is CCC1CCCCN1C(=O)COC(=O)c1ccc(N2CCCCCC2)c([N+](=O)[O-])c1. The number of rotatable bonds is 6. The average molecular weight is 418 g/mol. The van der Waals surface area contributed by atoms with Gasteiger partial charge >= 0.3 is 5.97 Å². The molecular formula is C22H31N3O5. The largest absolute Gasteiger partial charge is 0.452 e. The van der Waals surface area contributed by atoms with E-state index in [9.17, 15) is 19.7 Å². The van der Waals surface area contributed by atoms with Crippen LogP contribution in [-0.4, -0.2) is 54.0 Å². The quantitative estimate of drug-likeness (QED) is 0.396. The van der Waals surface area contributed by atoms with E-state index in [1.54, 1.807) is 17.0 Å². The van der Waals surface area contributed by atoms with Crippen LogP contribution in [0.5, 0.6) is 0 Å². The first kappa shape index (κ1) is 22.1. The van der Waals surface area contributed by atoms with Gasteiger partial charge in [0.05, 0.1) is 10.5 Å². The summed E-state index contributed by atoms with van der Waals surface area (Å²) in [5.74, 6) is -0.912. The molecule has 3 rings (SSSR count). The van der Waals surface area contributed by atoms with Crippen molar-refractivity contribution in [2.75, 3.05) is 31.1 Å². The van der Waals surface area contributed by atoms with Gasteiger partial charge in [0.1, 0.15) is 5.69 Å². The molecule has 8 heteroatoms. The molecule has 1 aromatic carbocycles. The van der Waals surface area contributed by atoms with Gasteiger partial charge < -0.3 is 14.5 Å². The number of piperidine rings is 1. The highest BCUT2D eigenvalue weighted by Crippen LogP contribution is 2.31. The molecule has 0 saturated carbocycles. The summed E-state index contributed by atoms with van der Waals surface area (Å²) in [6.07, 6.45) is 8.16. The van der Waals surface area contributed by atoms with Gasteiger partial charge in [-0.1, -0.05) is 19.8 Å². The van der Waals surface area contributed by atoms with Crippen LogP contribution in [0.15, 0.2) is 18.2 Å². The molecule has 1 aromatic rings. The lowest BCUT2D eigenvalue weighted by Gasteiger charge is -2.35. The van der Waals surface area contributed by atoms with E-state index in [4.69, 9.17) is 4.74 Å². The summed E-state index contributed by atoms with van der Waals surface area (Å²) in [6, 6.07) is 4.64. The van der Waals surface area contributed by atoms with E-state index >= 15 is 0 Å². The molecule has 8 nitrogen and oxygen atoms in total. The van der Waals surface area contributed by atoms with E-state index in [-0.39, 0.29) is 29.8 Å². The molecule has 2 fully saturated rings. The highest BCUT2D eigenvalue weighted by molar-refractivity contribution is 5.93. The molecule has 1 unspecified atom stereocenters. The minimum absolute atomic E-state index is 0.0961. The van der Waals surface area contributed by atoms with Gasteiger partial charge in [-0.3, -0.25) is 14.9 Å². The number of likely N-dealkylation sites (tertiary alicyclic amines) is 1. The summed E-state index contributed by atoms with van der Waals surface area (Å²) >= 11 is 0. The van der Waals surface area contributed by atoms with Crippen LogP contribution < -0.4 is 4.90 Å². The van der Waals surface area contributed by atoms with Crippen LogP contribution in [-0.2, 0) is 9.53 Å². The first-order chi connectivity index (χ1) is 14.5. The van der Waals surface area contributed by atoms with Crippen molar-refractivity contribution in [1.29, 1.82) is 0 Å². The number of carbonyl (C=O) groups is 2. The maximum absolute atomic E-state index is 12.5. The fourth-order valence-electron chi connectivity index (χ4n) is 4.42. The Hall–Kier alpha value is -2.64. The van der Waals surface area contributed by atoms with Crippen molar-refractivity contribution in [3.05, 3.63) is 33.9 Å². The lowest BCUT2D eigenvalue weighted by Crippen LogP contribution is -2.45. The third-order valence-corrected chi connectivity index (χ3v) is 6.10. The van der Waals surface area contributed by atoms with Crippen LogP contribution >= 0.6 is 0 Å². The zero-order valence-electron chi connectivity index (χ0n) is 17.7. The van der Waals surface area contributed by atoms with Crippen molar-refractivity contribution < 1.29 is 19.2 Å². The van der Waals surface area contributed by atoms with Gasteiger partial charge in [-0.2, -0.15) is 0 Å². The van der Waals surface area contributed by atoms with Gasteiger partial charge in [0.15, 0.2) is 6.61 Å². The second-order valence-corrected chi connectivity index (χ2v) is 8.08. The number of hydrogen-bond acceptors (Lipinski definition) is 6. The number of nitrogens with zero attached hydrogens (tertiary/aromatic N) is 3. The van der Waals surface area contributed by atoms with Crippen LogP contribution in [0.25, 0.3) is 0 Å². The van der Waals surface area contributed by atoms with Crippen molar-refractivity contribution in [1.82, 2.24) is 4.90 Å².